The fourth-order valence-electron chi connectivity index (χ4n) is 2.17. The number of hydrogen-bond acceptors (Lipinski definition) is 3. The summed E-state index contributed by atoms with van der Waals surface area (Å²) < 4.78 is 22.8. The van der Waals surface area contributed by atoms with Crippen LogP contribution in [0.25, 0.3) is 0 Å². The largest absolute Gasteiger partial charge is 0.356 e. The molecule has 0 aliphatic rings. The Kier molecular flexibility index (Phi) is 8.09. The SMILES string of the molecule is CN=C(NCCCC(C)C)NCCc1ccc(S(C)(=O)=O)cc1. The third kappa shape index (κ3) is 8.02. The maximum Gasteiger partial charge on any atom is 0.190 e. The van der Waals surface area contributed by atoms with Gasteiger partial charge in [0.2, 0.25) is 0 Å². The minimum absolute atomic E-state index is 0.358. The third-order valence-electron chi connectivity index (χ3n) is 3.53. The number of hydrogen-bond donors (Lipinski definition) is 2. The molecule has 0 unspecified atom stereocenters. The van der Waals surface area contributed by atoms with Crippen molar-refractivity contribution in [1.29, 1.82) is 0 Å². The minimum atomic E-state index is -3.12. The van der Waals surface area contributed by atoms with Crippen LogP contribution in [0.5, 0.6) is 0 Å². The highest BCUT2D eigenvalue weighted by Gasteiger charge is 2.06. The predicted octanol–water partition coefficient (Wildman–Crippen LogP) is 2.23. The van der Waals surface area contributed by atoms with E-state index < -0.39 is 9.84 Å². The highest BCUT2D eigenvalue weighted by Crippen LogP contribution is 2.10. The average Bonchev–Trinajstić information content (AvgIpc) is 2.49. The second kappa shape index (κ2) is 9.55. The summed E-state index contributed by atoms with van der Waals surface area (Å²) in [5.41, 5.74) is 1.10. The lowest BCUT2D eigenvalue weighted by molar-refractivity contribution is 0.549. The van der Waals surface area contributed by atoms with Gasteiger partial charge >= 0.3 is 0 Å². The standard InChI is InChI=1S/C17H29N3O2S/c1-14(2)6-5-12-19-17(18-3)20-13-11-15-7-9-16(10-8-15)23(4,21)22/h7-10,14H,5-6,11-13H2,1-4H3,(H2,18,19,20). The van der Waals surface area contributed by atoms with Gasteiger partial charge in [0.25, 0.3) is 0 Å². The van der Waals surface area contributed by atoms with Crippen molar-refractivity contribution in [2.24, 2.45) is 10.9 Å². The van der Waals surface area contributed by atoms with Crippen LogP contribution in [0.1, 0.15) is 32.3 Å². The van der Waals surface area contributed by atoms with E-state index in [9.17, 15) is 8.42 Å². The maximum absolute atomic E-state index is 11.4. The number of benzene rings is 1. The number of rotatable bonds is 8. The van der Waals surface area contributed by atoms with Crippen LogP contribution in [-0.2, 0) is 16.3 Å². The third-order valence-corrected chi connectivity index (χ3v) is 4.66. The van der Waals surface area contributed by atoms with Crippen molar-refractivity contribution in [2.75, 3.05) is 26.4 Å². The molecule has 1 aromatic rings. The smallest absolute Gasteiger partial charge is 0.190 e. The van der Waals surface area contributed by atoms with Crippen LogP contribution in [0.4, 0.5) is 0 Å². The van der Waals surface area contributed by atoms with Crippen molar-refractivity contribution in [1.82, 2.24) is 10.6 Å². The quantitative estimate of drug-likeness (QED) is 0.433. The zero-order valence-electron chi connectivity index (χ0n) is 14.6. The monoisotopic (exact) mass is 339 g/mol. The lowest BCUT2D eigenvalue weighted by Gasteiger charge is -2.12. The van der Waals surface area contributed by atoms with E-state index in [1.165, 1.54) is 12.7 Å². The van der Waals surface area contributed by atoms with Gasteiger partial charge in [-0.15, -0.1) is 0 Å². The maximum atomic E-state index is 11.4. The number of aliphatic imine (C=N–C) groups is 1. The number of nitrogens with one attached hydrogen (secondary N) is 2. The summed E-state index contributed by atoms with van der Waals surface area (Å²) in [5, 5.41) is 6.57. The van der Waals surface area contributed by atoms with Crippen molar-refractivity contribution in [3.05, 3.63) is 29.8 Å². The Morgan fingerprint density at radius 3 is 2.26 bits per heavy atom. The van der Waals surface area contributed by atoms with E-state index in [-0.39, 0.29) is 0 Å². The molecule has 5 nitrogen and oxygen atoms in total. The second-order valence-electron chi connectivity index (χ2n) is 6.13. The fraction of sp³-hybridized carbons (Fsp3) is 0.588. The van der Waals surface area contributed by atoms with Gasteiger partial charge in [-0.3, -0.25) is 4.99 Å². The molecule has 0 radical (unpaired) electrons. The number of nitrogens with zero attached hydrogens (tertiary/aromatic N) is 1. The lowest BCUT2D eigenvalue weighted by Crippen LogP contribution is -2.38. The van der Waals surface area contributed by atoms with Gasteiger partial charge in [0.15, 0.2) is 15.8 Å². The summed E-state index contributed by atoms with van der Waals surface area (Å²) in [6.45, 7) is 6.12. The van der Waals surface area contributed by atoms with Gasteiger partial charge in [0.1, 0.15) is 0 Å². The van der Waals surface area contributed by atoms with Crippen LogP contribution in [-0.4, -0.2) is 40.8 Å². The van der Waals surface area contributed by atoms with E-state index in [2.05, 4.69) is 29.5 Å². The second-order valence-corrected chi connectivity index (χ2v) is 8.14. The molecule has 0 aromatic heterocycles. The average molecular weight is 340 g/mol. The molecule has 0 spiro atoms. The van der Waals surface area contributed by atoms with Crippen LogP contribution in [0.2, 0.25) is 0 Å². The highest BCUT2D eigenvalue weighted by atomic mass is 32.2. The molecule has 1 aromatic carbocycles. The van der Waals surface area contributed by atoms with Crippen molar-refractivity contribution < 1.29 is 8.42 Å². The van der Waals surface area contributed by atoms with E-state index in [1.54, 1.807) is 19.2 Å². The van der Waals surface area contributed by atoms with Gasteiger partial charge in [-0.1, -0.05) is 26.0 Å². The minimum Gasteiger partial charge on any atom is -0.356 e. The van der Waals surface area contributed by atoms with E-state index >= 15 is 0 Å². The Morgan fingerprint density at radius 2 is 1.74 bits per heavy atom. The van der Waals surface area contributed by atoms with Gasteiger partial charge in [-0.2, -0.15) is 0 Å². The van der Waals surface area contributed by atoms with Crippen LogP contribution >= 0.6 is 0 Å². The molecule has 130 valence electrons. The topological polar surface area (TPSA) is 70.6 Å². The molecule has 0 atom stereocenters. The Morgan fingerprint density at radius 1 is 1.13 bits per heavy atom. The zero-order valence-corrected chi connectivity index (χ0v) is 15.4. The van der Waals surface area contributed by atoms with Crippen molar-refractivity contribution >= 4 is 15.8 Å². The highest BCUT2D eigenvalue weighted by molar-refractivity contribution is 7.90. The first kappa shape index (κ1) is 19.5. The molecule has 6 heteroatoms. The molecular formula is C17H29N3O2S. The first-order valence-corrected chi connectivity index (χ1v) is 9.95. The first-order chi connectivity index (χ1) is 10.8. The van der Waals surface area contributed by atoms with Gasteiger partial charge < -0.3 is 10.6 Å². The molecule has 23 heavy (non-hydrogen) atoms. The van der Waals surface area contributed by atoms with E-state index in [0.717, 1.165) is 43.4 Å². The molecule has 0 aliphatic heterocycles. The van der Waals surface area contributed by atoms with Gasteiger partial charge in [-0.25, -0.2) is 8.42 Å². The summed E-state index contributed by atoms with van der Waals surface area (Å²) in [4.78, 5) is 4.56. The normalized spacial score (nSPS) is 12.5. The molecule has 1 rings (SSSR count). The molecule has 0 aliphatic carbocycles. The first-order valence-electron chi connectivity index (χ1n) is 8.06. The van der Waals surface area contributed by atoms with Gasteiger partial charge in [0.05, 0.1) is 4.90 Å². The molecule has 0 saturated heterocycles. The van der Waals surface area contributed by atoms with Gasteiger partial charge in [-0.05, 0) is 42.9 Å². The Balaban J connectivity index is 2.34. The van der Waals surface area contributed by atoms with Crippen molar-refractivity contribution in [3.8, 4) is 0 Å². The van der Waals surface area contributed by atoms with Crippen LogP contribution in [0, 0.1) is 5.92 Å². The van der Waals surface area contributed by atoms with Crippen molar-refractivity contribution in [3.63, 3.8) is 0 Å². The fourth-order valence-corrected chi connectivity index (χ4v) is 2.80. The molecule has 0 fully saturated rings. The van der Waals surface area contributed by atoms with Crippen LogP contribution < -0.4 is 10.6 Å². The van der Waals surface area contributed by atoms with Gasteiger partial charge in [0, 0.05) is 26.4 Å². The Bertz CT molecular complexity index is 593. The summed E-state index contributed by atoms with van der Waals surface area (Å²) >= 11 is 0. The molecule has 0 bridgehead atoms. The van der Waals surface area contributed by atoms with E-state index in [0.29, 0.717) is 4.90 Å². The molecule has 0 amide bonds. The Labute approximate surface area is 140 Å². The Hall–Kier alpha value is -1.56. The number of guanidine groups is 1. The summed E-state index contributed by atoms with van der Waals surface area (Å²) in [6, 6.07) is 7.03. The lowest BCUT2D eigenvalue weighted by atomic mass is 10.1. The zero-order chi connectivity index (χ0) is 17.3. The molecule has 2 N–H and O–H groups in total. The summed E-state index contributed by atoms with van der Waals surface area (Å²) in [5.74, 6) is 1.53. The van der Waals surface area contributed by atoms with E-state index in [4.69, 9.17) is 0 Å². The van der Waals surface area contributed by atoms with Crippen LogP contribution in [0.15, 0.2) is 34.2 Å². The predicted molar refractivity (Wildman–Crippen MR) is 96.7 cm³/mol. The molecule has 0 saturated carbocycles. The van der Waals surface area contributed by atoms with E-state index in [1.807, 2.05) is 12.1 Å². The van der Waals surface area contributed by atoms with Crippen LogP contribution in [0.3, 0.4) is 0 Å². The summed E-state index contributed by atoms with van der Waals surface area (Å²) in [6.07, 6.45) is 4.37. The van der Waals surface area contributed by atoms with Crippen molar-refractivity contribution in [2.45, 2.75) is 38.0 Å². The molecule has 0 heterocycles. The molecular weight excluding hydrogens is 310 g/mol. The number of sulfone groups is 1. The summed E-state index contributed by atoms with van der Waals surface area (Å²) in [7, 11) is -1.36.